The van der Waals surface area contributed by atoms with E-state index >= 15 is 0 Å². The zero-order valence-corrected chi connectivity index (χ0v) is 21.3. The molecule has 0 saturated carbocycles. The smallest absolute Gasteiger partial charge is 0.325 e. The monoisotopic (exact) mass is 527 g/mol. The van der Waals surface area contributed by atoms with Gasteiger partial charge in [0, 0.05) is 22.9 Å². The second kappa shape index (κ2) is 12.8. The number of aromatic nitrogens is 2. The fourth-order valence-electron chi connectivity index (χ4n) is 3.34. The average Bonchev–Trinajstić information content (AvgIpc) is 3.26. The number of benzene rings is 2. The molecule has 0 spiro atoms. The molecule has 1 heterocycles. The molecule has 11 heteroatoms. The van der Waals surface area contributed by atoms with Gasteiger partial charge in [0.25, 0.3) is 5.22 Å². The normalized spacial score (nSPS) is 12.7. The van der Waals surface area contributed by atoms with Crippen LogP contribution in [0.2, 0.25) is 5.02 Å². The van der Waals surface area contributed by atoms with E-state index in [0.717, 1.165) is 30.4 Å². The summed E-state index contributed by atoms with van der Waals surface area (Å²) in [6.45, 7) is 3.18. The van der Waals surface area contributed by atoms with Gasteiger partial charge in [0.2, 0.25) is 5.89 Å². The van der Waals surface area contributed by atoms with Gasteiger partial charge in [-0.3, -0.25) is 4.57 Å². The minimum absolute atomic E-state index is 0.0992. The van der Waals surface area contributed by atoms with Crippen molar-refractivity contribution >= 4 is 31.0 Å². The molecule has 3 aromatic rings. The van der Waals surface area contributed by atoms with Crippen molar-refractivity contribution in [3.63, 3.8) is 0 Å². The van der Waals surface area contributed by atoms with E-state index in [0.29, 0.717) is 36.2 Å². The van der Waals surface area contributed by atoms with Crippen molar-refractivity contribution in [1.82, 2.24) is 15.5 Å². The molecule has 0 amide bonds. The molecule has 0 aliphatic heterocycles. The van der Waals surface area contributed by atoms with Crippen molar-refractivity contribution in [1.29, 1.82) is 0 Å². The van der Waals surface area contributed by atoms with Crippen LogP contribution in [0.3, 0.4) is 0 Å². The third-order valence-electron chi connectivity index (χ3n) is 5.13. The van der Waals surface area contributed by atoms with Crippen molar-refractivity contribution < 1.29 is 23.2 Å². The van der Waals surface area contributed by atoms with E-state index < -0.39 is 13.4 Å². The van der Waals surface area contributed by atoms with Crippen molar-refractivity contribution in [2.75, 3.05) is 12.7 Å². The van der Waals surface area contributed by atoms with Gasteiger partial charge in [-0.05, 0) is 43.1 Å². The Labute approximate surface area is 207 Å². The Kier molecular flexibility index (Phi) is 10.1. The number of nitrogens with one attached hydrogen (secondary N) is 1. The van der Waals surface area contributed by atoms with E-state index in [1.54, 1.807) is 12.1 Å². The van der Waals surface area contributed by atoms with Crippen molar-refractivity contribution in [3.05, 3.63) is 64.4 Å². The molecule has 0 saturated heterocycles. The predicted molar refractivity (Wildman–Crippen MR) is 133 cm³/mol. The summed E-state index contributed by atoms with van der Waals surface area (Å²) in [5, 5.41) is 11.7. The third kappa shape index (κ3) is 8.18. The Morgan fingerprint density at radius 3 is 2.65 bits per heavy atom. The van der Waals surface area contributed by atoms with Gasteiger partial charge in [-0.25, -0.2) is 4.39 Å². The molecular formula is C23H28ClFN3O4PS. The first kappa shape index (κ1) is 26.9. The Hall–Kier alpha value is -1.74. The molecule has 0 fully saturated rings. The Balaban J connectivity index is 1.61. The van der Waals surface area contributed by atoms with E-state index in [1.807, 2.05) is 24.3 Å². The Morgan fingerprint density at radius 2 is 1.94 bits per heavy atom. The summed E-state index contributed by atoms with van der Waals surface area (Å²) in [6.07, 6.45) is 2.95. The highest BCUT2D eigenvalue weighted by Gasteiger charge is 2.22. The quantitative estimate of drug-likeness (QED) is 0.137. The maximum atomic E-state index is 14.6. The summed E-state index contributed by atoms with van der Waals surface area (Å²) in [5.41, 5.74) is 2.32. The number of hydrogen-bond donors (Lipinski definition) is 3. The first-order valence-corrected chi connectivity index (χ1v) is 14.1. The first-order valence-electron chi connectivity index (χ1n) is 11.1. The summed E-state index contributed by atoms with van der Waals surface area (Å²) in [5.74, 6) is -0.0344. The molecule has 1 atom stereocenters. The number of thioether (sulfide) groups is 1. The summed E-state index contributed by atoms with van der Waals surface area (Å²) >= 11 is 7.32. The van der Waals surface area contributed by atoms with Gasteiger partial charge in [-0.1, -0.05) is 67.4 Å². The van der Waals surface area contributed by atoms with Gasteiger partial charge in [0.05, 0.1) is 11.2 Å². The maximum Gasteiger partial charge on any atom is 0.325 e. The lowest BCUT2D eigenvalue weighted by atomic mass is 10.1. The number of unbranched alkanes of at least 4 members (excludes halogenated alkanes) is 1. The molecule has 0 aliphatic rings. The highest BCUT2D eigenvalue weighted by Crippen LogP contribution is 2.41. The molecule has 2 aromatic carbocycles. The van der Waals surface area contributed by atoms with E-state index in [4.69, 9.17) is 25.8 Å². The Bertz CT molecular complexity index is 1110. The fraction of sp³-hybridized carbons (Fsp3) is 0.391. The molecule has 3 rings (SSSR count). The zero-order valence-electron chi connectivity index (χ0n) is 18.8. The molecule has 3 N–H and O–H groups in total. The number of rotatable bonds is 13. The van der Waals surface area contributed by atoms with Gasteiger partial charge in [0.1, 0.15) is 5.82 Å². The van der Waals surface area contributed by atoms with Crippen molar-refractivity contribution in [3.8, 4) is 11.5 Å². The molecule has 0 aliphatic carbocycles. The molecule has 1 aromatic heterocycles. The van der Waals surface area contributed by atoms with Crippen LogP contribution >= 0.6 is 31.0 Å². The lowest BCUT2D eigenvalue weighted by Crippen LogP contribution is -2.15. The first-order chi connectivity index (χ1) is 16.3. The molecule has 7 nitrogen and oxygen atoms in total. The molecule has 0 radical (unpaired) electrons. The van der Waals surface area contributed by atoms with Gasteiger partial charge >= 0.3 is 7.60 Å². The number of nitrogens with zero attached hydrogens (tertiary/aromatic N) is 2. The average molecular weight is 528 g/mol. The second-order valence-corrected chi connectivity index (χ2v) is 11.2. The topological polar surface area (TPSA) is 108 Å². The van der Waals surface area contributed by atoms with Crippen LogP contribution in [0.25, 0.3) is 11.5 Å². The van der Waals surface area contributed by atoms with Crippen LogP contribution in [0.4, 0.5) is 4.39 Å². The van der Waals surface area contributed by atoms with E-state index in [9.17, 15) is 8.96 Å². The summed E-state index contributed by atoms with van der Waals surface area (Å²) in [7, 11) is -3.94. The van der Waals surface area contributed by atoms with Crippen LogP contribution in [0.1, 0.15) is 49.0 Å². The molecule has 0 bridgehead atoms. The number of hydrogen-bond acceptors (Lipinski definition) is 6. The molecular weight excluding hydrogens is 500 g/mol. The van der Waals surface area contributed by atoms with E-state index in [-0.39, 0.29) is 16.4 Å². The fourth-order valence-corrected chi connectivity index (χ4v) is 5.14. The van der Waals surface area contributed by atoms with Gasteiger partial charge < -0.3 is 19.5 Å². The predicted octanol–water partition coefficient (Wildman–Crippen LogP) is 6.21. The van der Waals surface area contributed by atoms with Crippen LogP contribution in [0.15, 0.2) is 52.1 Å². The third-order valence-corrected chi connectivity index (χ3v) is 7.46. The zero-order chi connectivity index (χ0) is 24.6. The van der Waals surface area contributed by atoms with Crippen LogP contribution in [0.5, 0.6) is 0 Å². The molecule has 1 unspecified atom stereocenters. The van der Waals surface area contributed by atoms with Crippen molar-refractivity contribution in [2.45, 2.75) is 49.6 Å². The summed E-state index contributed by atoms with van der Waals surface area (Å²) < 4.78 is 31.3. The van der Waals surface area contributed by atoms with Crippen LogP contribution < -0.4 is 5.32 Å². The lowest BCUT2D eigenvalue weighted by Gasteiger charge is -2.15. The molecule has 34 heavy (non-hydrogen) atoms. The van der Waals surface area contributed by atoms with Gasteiger partial charge in [-0.2, -0.15) is 0 Å². The maximum absolute atomic E-state index is 14.6. The van der Waals surface area contributed by atoms with Crippen LogP contribution in [0, 0.1) is 5.82 Å². The summed E-state index contributed by atoms with van der Waals surface area (Å²) in [4.78, 5) is 17.8. The van der Waals surface area contributed by atoms with E-state index in [2.05, 4.69) is 22.4 Å². The standard InChI is InChI=1S/C23H28ClFN3O4PS/c1-2-3-8-20(18-6-4-7-19(24)21(18)25)34-23-28-27-22(32-23)17-11-9-16(10-12-17)15-26-13-5-14-33(29,30)31/h4,6-7,9-12,20,26H,2-3,5,8,13-15H2,1H3,(H2,29,30,31). The highest BCUT2D eigenvalue weighted by atomic mass is 35.5. The van der Waals surface area contributed by atoms with Crippen molar-refractivity contribution in [2.24, 2.45) is 0 Å². The largest absolute Gasteiger partial charge is 0.411 e. The highest BCUT2D eigenvalue weighted by molar-refractivity contribution is 7.99. The minimum atomic E-state index is -3.94. The van der Waals surface area contributed by atoms with Gasteiger partial charge in [0.15, 0.2) is 0 Å². The van der Waals surface area contributed by atoms with Crippen LogP contribution in [-0.4, -0.2) is 32.7 Å². The van der Waals surface area contributed by atoms with Gasteiger partial charge in [-0.15, -0.1) is 10.2 Å². The minimum Gasteiger partial charge on any atom is -0.411 e. The van der Waals surface area contributed by atoms with Crippen LogP contribution in [-0.2, 0) is 11.1 Å². The Morgan fingerprint density at radius 1 is 1.18 bits per heavy atom. The number of halogens is 2. The van der Waals surface area contributed by atoms with E-state index in [1.165, 1.54) is 17.8 Å². The molecule has 184 valence electrons. The SMILES string of the molecule is CCCCC(Sc1nnc(-c2ccc(CNCCCP(=O)(O)O)cc2)o1)c1cccc(Cl)c1F. The summed E-state index contributed by atoms with van der Waals surface area (Å²) in [6, 6.07) is 12.6. The lowest BCUT2D eigenvalue weighted by molar-refractivity contribution is 0.371. The second-order valence-electron chi connectivity index (χ2n) is 7.88.